The molecule has 1 heterocycles. The summed E-state index contributed by atoms with van der Waals surface area (Å²) in [5.74, 6) is 0.648. The summed E-state index contributed by atoms with van der Waals surface area (Å²) in [5.41, 5.74) is 5.98. The molecule has 1 fully saturated rings. The molecule has 0 amide bonds. The highest BCUT2D eigenvalue weighted by Gasteiger charge is 2.21. The molecule has 0 bridgehead atoms. The van der Waals surface area contributed by atoms with Crippen molar-refractivity contribution >= 4 is 0 Å². The molecule has 2 rings (SSSR count). The molecular formula is C14H21FN2O. The first-order valence-electron chi connectivity index (χ1n) is 6.50. The van der Waals surface area contributed by atoms with Crippen LogP contribution in [0.3, 0.4) is 0 Å². The molecule has 0 saturated carbocycles. The highest BCUT2D eigenvalue weighted by atomic mass is 19.1. The molecule has 1 saturated heterocycles. The van der Waals surface area contributed by atoms with E-state index in [2.05, 4.69) is 11.8 Å². The SMILES string of the molecule is CC1CC(N)CN(CCOc2ccccc2F)C1. The number of piperidine rings is 1. The Morgan fingerprint density at radius 3 is 2.89 bits per heavy atom. The molecule has 1 aliphatic rings. The summed E-state index contributed by atoms with van der Waals surface area (Å²) < 4.78 is 18.8. The van der Waals surface area contributed by atoms with Gasteiger partial charge < -0.3 is 10.5 Å². The first kappa shape index (κ1) is 13.3. The van der Waals surface area contributed by atoms with Crippen LogP contribution in [0.2, 0.25) is 0 Å². The topological polar surface area (TPSA) is 38.5 Å². The van der Waals surface area contributed by atoms with Gasteiger partial charge in [0.15, 0.2) is 11.6 Å². The molecule has 1 aromatic carbocycles. The van der Waals surface area contributed by atoms with Gasteiger partial charge in [0.25, 0.3) is 0 Å². The normalized spacial score (nSPS) is 25.1. The fourth-order valence-electron chi connectivity index (χ4n) is 2.54. The standard InChI is InChI=1S/C14H21FN2O/c1-11-8-12(16)10-17(9-11)6-7-18-14-5-3-2-4-13(14)15/h2-5,11-12H,6-10,16H2,1H3. The number of benzene rings is 1. The number of nitrogens with zero attached hydrogens (tertiary/aromatic N) is 1. The first-order valence-corrected chi connectivity index (χ1v) is 6.50. The Bertz CT molecular complexity index is 376. The van der Waals surface area contributed by atoms with Crippen LogP contribution in [-0.4, -0.2) is 37.2 Å². The van der Waals surface area contributed by atoms with Crippen molar-refractivity contribution in [2.45, 2.75) is 19.4 Å². The Hall–Kier alpha value is -1.13. The van der Waals surface area contributed by atoms with Gasteiger partial charge in [0.2, 0.25) is 0 Å². The Labute approximate surface area is 108 Å². The van der Waals surface area contributed by atoms with E-state index < -0.39 is 0 Å². The van der Waals surface area contributed by atoms with Crippen molar-refractivity contribution in [2.75, 3.05) is 26.2 Å². The molecule has 2 atom stereocenters. The van der Waals surface area contributed by atoms with E-state index in [-0.39, 0.29) is 11.9 Å². The van der Waals surface area contributed by atoms with Gasteiger partial charge in [-0.2, -0.15) is 0 Å². The van der Waals surface area contributed by atoms with Crippen molar-refractivity contribution in [3.63, 3.8) is 0 Å². The Kier molecular flexibility index (Phi) is 4.55. The van der Waals surface area contributed by atoms with Crippen LogP contribution in [-0.2, 0) is 0 Å². The Balaban J connectivity index is 1.77. The summed E-state index contributed by atoms with van der Waals surface area (Å²) in [6.07, 6.45) is 1.09. The van der Waals surface area contributed by atoms with Crippen molar-refractivity contribution in [3.8, 4) is 5.75 Å². The summed E-state index contributed by atoms with van der Waals surface area (Å²) in [6.45, 7) is 5.47. The lowest BCUT2D eigenvalue weighted by molar-refractivity contribution is 0.138. The second-order valence-electron chi connectivity index (χ2n) is 5.14. The van der Waals surface area contributed by atoms with Crippen LogP contribution in [0.5, 0.6) is 5.75 Å². The van der Waals surface area contributed by atoms with E-state index in [0.29, 0.717) is 18.3 Å². The maximum Gasteiger partial charge on any atom is 0.165 e. The smallest absolute Gasteiger partial charge is 0.165 e. The number of nitrogens with two attached hydrogens (primary N) is 1. The predicted octanol–water partition coefficient (Wildman–Crippen LogP) is 1.87. The van der Waals surface area contributed by atoms with Crippen molar-refractivity contribution in [1.82, 2.24) is 4.90 Å². The highest BCUT2D eigenvalue weighted by molar-refractivity contribution is 5.23. The van der Waals surface area contributed by atoms with Gasteiger partial charge in [-0.25, -0.2) is 4.39 Å². The quantitative estimate of drug-likeness (QED) is 0.889. The number of para-hydroxylation sites is 1. The lowest BCUT2D eigenvalue weighted by Gasteiger charge is -2.34. The van der Waals surface area contributed by atoms with E-state index in [0.717, 1.165) is 26.1 Å². The fourth-order valence-corrected chi connectivity index (χ4v) is 2.54. The third-order valence-corrected chi connectivity index (χ3v) is 3.27. The van der Waals surface area contributed by atoms with E-state index in [4.69, 9.17) is 10.5 Å². The number of halogens is 1. The van der Waals surface area contributed by atoms with Crippen LogP contribution >= 0.6 is 0 Å². The van der Waals surface area contributed by atoms with Crippen LogP contribution in [0.1, 0.15) is 13.3 Å². The minimum absolute atomic E-state index is 0.252. The summed E-state index contributed by atoms with van der Waals surface area (Å²) in [6, 6.07) is 6.75. The van der Waals surface area contributed by atoms with Gasteiger partial charge in [0, 0.05) is 25.7 Å². The molecule has 100 valence electrons. The zero-order valence-electron chi connectivity index (χ0n) is 10.8. The maximum atomic E-state index is 13.3. The molecule has 2 N–H and O–H groups in total. The van der Waals surface area contributed by atoms with Gasteiger partial charge in [-0.1, -0.05) is 19.1 Å². The average molecular weight is 252 g/mol. The zero-order valence-corrected chi connectivity index (χ0v) is 10.8. The number of likely N-dealkylation sites (tertiary alicyclic amines) is 1. The van der Waals surface area contributed by atoms with Crippen molar-refractivity contribution in [1.29, 1.82) is 0 Å². The molecule has 1 aromatic rings. The molecule has 18 heavy (non-hydrogen) atoms. The lowest BCUT2D eigenvalue weighted by Crippen LogP contribution is -2.47. The Morgan fingerprint density at radius 1 is 1.39 bits per heavy atom. The zero-order chi connectivity index (χ0) is 13.0. The van der Waals surface area contributed by atoms with Gasteiger partial charge >= 0.3 is 0 Å². The molecule has 4 heteroatoms. The summed E-state index contributed by atoms with van der Waals surface area (Å²) in [7, 11) is 0. The molecule has 2 unspecified atom stereocenters. The number of hydrogen-bond donors (Lipinski definition) is 1. The minimum atomic E-state index is -0.304. The summed E-state index contributed by atoms with van der Waals surface area (Å²) in [5, 5.41) is 0. The van der Waals surface area contributed by atoms with Crippen LogP contribution < -0.4 is 10.5 Å². The van der Waals surface area contributed by atoms with E-state index >= 15 is 0 Å². The fraction of sp³-hybridized carbons (Fsp3) is 0.571. The summed E-state index contributed by atoms with van der Waals surface area (Å²) in [4.78, 5) is 2.29. The third-order valence-electron chi connectivity index (χ3n) is 3.27. The second kappa shape index (κ2) is 6.16. The maximum absolute atomic E-state index is 13.3. The largest absolute Gasteiger partial charge is 0.489 e. The third kappa shape index (κ3) is 3.68. The van der Waals surface area contributed by atoms with Crippen molar-refractivity contribution in [3.05, 3.63) is 30.1 Å². The Morgan fingerprint density at radius 2 is 2.17 bits per heavy atom. The highest BCUT2D eigenvalue weighted by Crippen LogP contribution is 2.17. The summed E-state index contributed by atoms with van der Waals surface area (Å²) >= 11 is 0. The lowest BCUT2D eigenvalue weighted by atomic mass is 9.97. The molecule has 0 radical (unpaired) electrons. The van der Waals surface area contributed by atoms with Crippen LogP contribution in [0.15, 0.2) is 24.3 Å². The van der Waals surface area contributed by atoms with Crippen molar-refractivity contribution in [2.24, 2.45) is 11.7 Å². The predicted molar refractivity (Wildman–Crippen MR) is 70.1 cm³/mol. The number of hydrogen-bond acceptors (Lipinski definition) is 3. The monoisotopic (exact) mass is 252 g/mol. The molecule has 0 aromatic heterocycles. The van der Waals surface area contributed by atoms with Gasteiger partial charge in [0.05, 0.1) is 0 Å². The molecule has 0 spiro atoms. The molecule has 0 aliphatic carbocycles. The number of ether oxygens (including phenoxy) is 1. The van der Waals surface area contributed by atoms with Crippen LogP contribution in [0, 0.1) is 11.7 Å². The molecular weight excluding hydrogens is 231 g/mol. The number of rotatable bonds is 4. The average Bonchev–Trinajstić information content (AvgIpc) is 2.30. The van der Waals surface area contributed by atoms with Gasteiger partial charge in [-0.05, 0) is 24.5 Å². The van der Waals surface area contributed by atoms with Gasteiger partial charge in [-0.3, -0.25) is 4.90 Å². The molecule has 3 nitrogen and oxygen atoms in total. The van der Waals surface area contributed by atoms with E-state index in [1.807, 2.05) is 0 Å². The first-order chi connectivity index (χ1) is 8.65. The van der Waals surface area contributed by atoms with Crippen LogP contribution in [0.25, 0.3) is 0 Å². The van der Waals surface area contributed by atoms with E-state index in [9.17, 15) is 4.39 Å². The second-order valence-corrected chi connectivity index (χ2v) is 5.14. The molecule has 1 aliphatic heterocycles. The van der Waals surface area contributed by atoms with Crippen LogP contribution in [0.4, 0.5) is 4.39 Å². The van der Waals surface area contributed by atoms with E-state index in [1.54, 1.807) is 18.2 Å². The van der Waals surface area contributed by atoms with Gasteiger partial charge in [-0.15, -0.1) is 0 Å². The minimum Gasteiger partial charge on any atom is -0.489 e. The van der Waals surface area contributed by atoms with Gasteiger partial charge in [0.1, 0.15) is 6.61 Å². The van der Waals surface area contributed by atoms with E-state index in [1.165, 1.54) is 6.07 Å². The van der Waals surface area contributed by atoms with Crippen molar-refractivity contribution < 1.29 is 9.13 Å².